The van der Waals surface area contributed by atoms with Gasteiger partial charge in [-0.15, -0.1) is 0 Å². The summed E-state index contributed by atoms with van der Waals surface area (Å²) >= 11 is 0. The van der Waals surface area contributed by atoms with Gasteiger partial charge in [0.25, 0.3) is 5.69 Å². The van der Waals surface area contributed by atoms with E-state index in [2.05, 4.69) is 4.98 Å². The van der Waals surface area contributed by atoms with E-state index in [1.807, 2.05) is 36.4 Å². The second-order valence-corrected chi connectivity index (χ2v) is 4.87. The van der Waals surface area contributed by atoms with Gasteiger partial charge < -0.3 is 5.01 Å². The Bertz CT molecular complexity index is 821. The number of anilines is 1. The van der Waals surface area contributed by atoms with Crippen molar-refractivity contribution in [2.45, 2.75) is 6.54 Å². The average molecular weight is 294 g/mol. The second-order valence-electron chi connectivity index (χ2n) is 4.87. The second kappa shape index (κ2) is 5.79. The lowest BCUT2D eigenvalue weighted by atomic mass is 10.1. The third-order valence-electron chi connectivity index (χ3n) is 3.44. The number of fused-ring (bicyclic) bond motifs is 1. The summed E-state index contributed by atoms with van der Waals surface area (Å²) in [6.45, 7) is 0.229. The molecule has 2 aromatic carbocycles. The van der Waals surface area contributed by atoms with Gasteiger partial charge in [0.15, 0.2) is 0 Å². The molecule has 0 saturated carbocycles. The van der Waals surface area contributed by atoms with E-state index < -0.39 is 4.92 Å². The highest BCUT2D eigenvalue weighted by molar-refractivity contribution is 5.88. The number of nitro groups is 1. The summed E-state index contributed by atoms with van der Waals surface area (Å²) in [5.74, 6) is 6.03. The number of benzene rings is 2. The Kier molecular flexibility index (Phi) is 3.67. The highest BCUT2D eigenvalue weighted by atomic mass is 16.6. The molecule has 1 heterocycles. The fourth-order valence-electron chi connectivity index (χ4n) is 2.40. The van der Waals surface area contributed by atoms with Crippen LogP contribution in [0.15, 0.2) is 60.8 Å². The van der Waals surface area contributed by atoms with E-state index in [1.165, 1.54) is 5.01 Å². The predicted molar refractivity (Wildman–Crippen MR) is 85.2 cm³/mol. The zero-order valence-corrected chi connectivity index (χ0v) is 11.7. The van der Waals surface area contributed by atoms with Crippen molar-refractivity contribution in [3.8, 4) is 0 Å². The van der Waals surface area contributed by atoms with Crippen LogP contribution in [0.5, 0.6) is 0 Å². The molecule has 0 radical (unpaired) electrons. The standard InChI is InChI=1S/C16H14N4O2/c17-19(14-6-2-1-3-7-14)11-13-9-8-12-5-4-10-18-15(12)16(13)20(21)22/h1-10H,11,17H2. The van der Waals surface area contributed by atoms with Gasteiger partial charge in [0.1, 0.15) is 5.52 Å². The van der Waals surface area contributed by atoms with Crippen LogP contribution in [0.25, 0.3) is 10.9 Å². The smallest absolute Gasteiger partial charge is 0.300 e. The highest BCUT2D eigenvalue weighted by Crippen LogP contribution is 2.29. The summed E-state index contributed by atoms with van der Waals surface area (Å²) in [4.78, 5) is 15.2. The molecule has 0 spiro atoms. The van der Waals surface area contributed by atoms with Crippen LogP contribution in [0, 0.1) is 10.1 Å². The lowest BCUT2D eigenvalue weighted by Gasteiger charge is -2.18. The first-order chi connectivity index (χ1) is 10.7. The lowest BCUT2D eigenvalue weighted by Crippen LogP contribution is -2.30. The van der Waals surface area contributed by atoms with E-state index in [0.29, 0.717) is 11.1 Å². The van der Waals surface area contributed by atoms with Crippen molar-refractivity contribution < 1.29 is 4.92 Å². The van der Waals surface area contributed by atoms with Crippen LogP contribution in [-0.4, -0.2) is 9.91 Å². The van der Waals surface area contributed by atoms with Crippen LogP contribution in [-0.2, 0) is 6.54 Å². The zero-order valence-electron chi connectivity index (χ0n) is 11.7. The minimum absolute atomic E-state index is 0.00415. The summed E-state index contributed by atoms with van der Waals surface area (Å²) in [6.07, 6.45) is 1.55. The van der Waals surface area contributed by atoms with Crippen molar-refractivity contribution in [1.29, 1.82) is 0 Å². The number of hydrogen-bond donors (Lipinski definition) is 1. The molecular weight excluding hydrogens is 280 g/mol. The minimum Gasteiger partial charge on any atom is -0.306 e. The molecular formula is C16H14N4O2. The number of rotatable bonds is 4. The maximum absolute atomic E-state index is 11.5. The third-order valence-corrected chi connectivity index (χ3v) is 3.44. The van der Waals surface area contributed by atoms with E-state index in [4.69, 9.17) is 5.84 Å². The largest absolute Gasteiger partial charge is 0.306 e. The van der Waals surface area contributed by atoms with Crippen LogP contribution >= 0.6 is 0 Å². The Hall–Kier alpha value is -2.99. The number of nitro benzene ring substituents is 1. The Morgan fingerprint density at radius 2 is 1.86 bits per heavy atom. The molecule has 22 heavy (non-hydrogen) atoms. The summed E-state index contributed by atoms with van der Waals surface area (Å²) < 4.78 is 0. The molecule has 6 heteroatoms. The van der Waals surface area contributed by atoms with E-state index >= 15 is 0 Å². The molecule has 110 valence electrons. The summed E-state index contributed by atoms with van der Waals surface area (Å²) in [5.41, 5.74) is 1.71. The topological polar surface area (TPSA) is 85.3 Å². The fourth-order valence-corrected chi connectivity index (χ4v) is 2.40. The maximum Gasteiger partial charge on any atom is 0.300 e. The van der Waals surface area contributed by atoms with Gasteiger partial charge in [-0.1, -0.05) is 30.3 Å². The molecule has 0 saturated heterocycles. The van der Waals surface area contributed by atoms with Gasteiger partial charge in [0.2, 0.25) is 0 Å². The van der Waals surface area contributed by atoms with E-state index in [0.717, 1.165) is 11.1 Å². The highest BCUT2D eigenvalue weighted by Gasteiger charge is 2.20. The number of pyridine rings is 1. The first-order valence-corrected chi connectivity index (χ1v) is 6.75. The van der Waals surface area contributed by atoms with Crippen molar-refractivity contribution in [1.82, 2.24) is 4.98 Å². The van der Waals surface area contributed by atoms with Crippen molar-refractivity contribution in [3.63, 3.8) is 0 Å². The summed E-state index contributed by atoms with van der Waals surface area (Å²) in [5, 5.41) is 13.7. The summed E-state index contributed by atoms with van der Waals surface area (Å²) in [6, 6.07) is 16.4. The number of hydrogen-bond acceptors (Lipinski definition) is 5. The van der Waals surface area contributed by atoms with Gasteiger partial charge in [-0.2, -0.15) is 0 Å². The van der Waals surface area contributed by atoms with Gasteiger partial charge in [-0.3, -0.25) is 10.1 Å². The molecule has 3 aromatic rings. The Morgan fingerprint density at radius 3 is 2.59 bits per heavy atom. The first-order valence-electron chi connectivity index (χ1n) is 6.75. The van der Waals surface area contributed by atoms with E-state index in [1.54, 1.807) is 24.4 Å². The SMILES string of the molecule is NN(Cc1ccc2cccnc2c1[N+](=O)[O-])c1ccccc1. The van der Waals surface area contributed by atoms with Crippen LogP contribution in [0.2, 0.25) is 0 Å². The van der Waals surface area contributed by atoms with Crippen molar-refractivity contribution in [3.05, 3.63) is 76.5 Å². The fraction of sp³-hybridized carbons (Fsp3) is 0.0625. The van der Waals surface area contributed by atoms with Gasteiger partial charge in [0.05, 0.1) is 22.7 Å². The molecule has 2 N–H and O–H groups in total. The predicted octanol–water partition coefficient (Wildman–Crippen LogP) is 3.02. The molecule has 0 unspecified atom stereocenters. The van der Waals surface area contributed by atoms with Gasteiger partial charge in [-0.25, -0.2) is 10.8 Å². The molecule has 3 rings (SSSR count). The first kappa shape index (κ1) is 14.0. The molecule has 0 atom stereocenters. The molecule has 6 nitrogen and oxygen atoms in total. The minimum atomic E-state index is -0.399. The van der Waals surface area contributed by atoms with E-state index in [9.17, 15) is 10.1 Å². The number of hydrazine groups is 1. The van der Waals surface area contributed by atoms with Gasteiger partial charge in [-0.05, 0) is 24.3 Å². The molecule has 0 amide bonds. The van der Waals surface area contributed by atoms with Crippen LogP contribution in [0.1, 0.15) is 5.56 Å². The van der Waals surface area contributed by atoms with Crippen LogP contribution in [0.4, 0.5) is 11.4 Å². The molecule has 0 bridgehead atoms. The lowest BCUT2D eigenvalue weighted by molar-refractivity contribution is -0.383. The van der Waals surface area contributed by atoms with Crippen LogP contribution in [0.3, 0.4) is 0 Å². The quantitative estimate of drug-likeness (QED) is 0.454. The number of aromatic nitrogens is 1. The normalized spacial score (nSPS) is 10.6. The van der Waals surface area contributed by atoms with Crippen molar-refractivity contribution >= 4 is 22.3 Å². The number of para-hydroxylation sites is 1. The van der Waals surface area contributed by atoms with Crippen molar-refractivity contribution in [2.75, 3.05) is 5.01 Å². The molecule has 0 aliphatic rings. The molecule has 0 fully saturated rings. The molecule has 0 aliphatic carbocycles. The maximum atomic E-state index is 11.5. The number of nitrogens with two attached hydrogens (primary N) is 1. The Balaban J connectivity index is 2.04. The monoisotopic (exact) mass is 294 g/mol. The average Bonchev–Trinajstić information content (AvgIpc) is 2.55. The zero-order chi connectivity index (χ0) is 15.5. The van der Waals surface area contributed by atoms with Crippen molar-refractivity contribution in [2.24, 2.45) is 5.84 Å². The molecule has 0 aliphatic heterocycles. The Morgan fingerprint density at radius 1 is 1.09 bits per heavy atom. The number of nitrogens with zero attached hydrogens (tertiary/aromatic N) is 3. The van der Waals surface area contributed by atoms with Crippen LogP contribution < -0.4 is 10.9 Å². The van der Waals surface area contributed by atoms with Gasteiger partial charge in [0, 0.05) is 11.6 Å². The third kappa shape index (κ3) is 2.59. The Labute approximate surface area is 126 Å². The van der Waals surface area contributed by atoms with Gasteiger partial charge >= 0.3 is 0 Å². The van der Waals surface area contributed by atoms with E-state index in [-0.39, 0.29) is 12.2 Å². The molecule has 1 aromatic heterocycles. The summed E-state index contributed by atoms with van der Waals surface area (Å²) in [7, 11) is 0.